The summed E-state index contributed by atoms with van der Waals surface area (Å²) in [6, 6.07) is 12.1. The molecule has 0 aromatic heterocycles. The maximum absolute atomic E-state index is 12.4. The van der Waals surface area contributed by atoms with Gasteiger partial charge in [0.1, 0.15) is 23.6 Å². The minimum Gasteiger partial charge on any atom is -0.497 e. The fourth-order valence-corrected chi connectivity index (χ4v) is 3.34. The van der Waals surface area contributed by atoms with Gasteiger partial charge in [0, 0.05) is 11.6 Å². The first kappa shape index (κ1) is 19.6. The van der Waals surface area contributed by atoms with Gasteiger partial charge in [0.15, 0.2) is 11.5 Å². The number of aromatic nitrogens is 4. The first-order chi connectivity index (χ1) is 15.0. The number of hydrogen-bond acceptors (Lipinski definition) is 8. The Kier molecular flexibility index (Phi) is 4.82. The van der Waals surface area contributed by atoms with Crippen molar-refractivity contribution in [2.24, 2.45) is 0 Å². The number of aromatic amines is 1. The van der Waals surface area contributed by atoms with Crippen molar-refractivity contribution >= 4 is 11.0 Å². The van der Waals surface area contributed by atoms with Crippen molar-refractivity contribution in [3.8, 4) is 35.2 Å². The van der Waals surface area contributed by atoms with Gasteiger partial charge in [0.2, 0.25) is 0 Å². The summed E-state index contributed by atoms with van der Waals surface area (Å²) in [5, 5.41) is 18.8. The first-order valence-corrected chi connectivity index (χ1v) is 8.98. The summed E-state index contributed by atoms with van der Waals surface area (Å²) in [5.41, 5.74) is 0.130. The fraction of sp³-hybridized carbons (Fsp3) is 0.143. The number of fused-ring (bicyclic) bond motifs is 2. The van der Waals surface area contributed by atoms with Gasteiger partial charge in [0.05, 0.1) is 42.9 Å². The Balaban J connectivity index is 2.08. The topological polar surface area (TPSA) is 147 Å². The fourth-order valence-electron chi connectivity index (χ4n) is 3.34. The van der Waals surface area contributed by atoms with Gasteiger partial charge >= 0.3 is 5.69 Å². The second-order valence-electron chi connectivity index (χ2n) is 6.53. The van der Waals surface area contributed by atoms with Crippen LogP contribution in [0.4, 0.5) is 0 Å². The lowest BCUT2D eigenvalue weighted by Gasteiger charge is -2.18. The lowest BCUT2D eigenvalue weighted by atomic mass is 10.1. The van der Waals surface area contributed by atoms with Gasteiger partial charge in [-0.2, -0.15) is 15.5 Å². The molecule has 0 aliphatic carbocycles. The van der Waals surface area contributed by atoms with E-state index in [4.69, 9.17) is 9.47 Å². The van der Waals surface area contributed by atoms with Crippen LogP contribution < -0.4 is 20.7 Å². The number of H-pyrrole nitrogens is 1. The lowest BCUT2D eigenvalue weighted by molar-refractivity contribution is 0.390. The Morgan fingerprint density at radius 2 is 1.77 bits per heavy atom. The number of methoxy groups -OCH3 is 2. The van der Waals surface area contributed by atoms with E-state index in [0.29, 0.717) is 28.1 Å². The van der Waals surface area contributed by atoms with Crippen LogP contribution in [0.15, 0.2) is 39.9 Å². The van der Waals surface area contributed by atoms with Gasteiger partial charge in [-0.15, -0.1) is 0 Å². The normalized spacial score (nSPS) is 10.6. The van der Waals surface area contributed by atoms with Crippen LogP contribution in [0.3, 0.4) is 0 Å². The van der Waals surface area contributed by atoms with Crippen LogP contribution in [0.2, 0.25) is 0 Å². The maximum atomic E-state index is 12.4. The predicted molar refractivity (Wildman–Crippen MR) is 109 cm³/mol. The molecule has 0 saturated carbocycles. The zero-order valence-corrected chi connectivity index (χ0v) is 16.5. The lowest BCUT2D eigenvalue weighted by Crippen LogP contribution is -2.29. The SMILES string of the molecule is COc1ccc(Cn2c3nc(=O)[nH]c(=O)c-3nc3cc(C#N)c(C#N)cc32)c(OC)c1. The Hall–Kier alpha value is -4.70. The monoisotopic (exact) mass is 414 g/mol. The number of nitrogens with one attached hydrogen (secondary N) is 1. The zero-order valence-electron chi connectivity index (χ0n) is 16.5. The van der Waals surface area contributed by atoms with E-state index in [9.17, 15) is 20.1 Å². The predicted octanol–water partition coefficient (Wildman–Crippen LogP) is 1.39. The van der Waals surface area contributed by atoms with Crippen LogP contribution in [0.5, 0.6) is 11.5 Å². The summed E-state index contributed by atoms with van der Waals surface area (Å²) in [4.78, 5) is 34.7. The number of rotatable bonds is 4. The van der Waals surface area contributed by atoms with E-state index < -0.39 is 11.2 Å². The standard InChI is InChI=1S/C21H14N6O4/c1-30-14-4-3-11(17(7-14)31-2)10-27-16-6-13(9-23)12(8-22)5-15(16)24-18-19(27)25-21(29)26-20(18)28/h3-7H,10H2,1-2H3,(H,26,28,29). The van der Waals surface area contributed by atoms with E-state index in [0.717, 1.165) is 0 Å². The van der Waals surface area contributed by atoms with Crippen molar-refractivity contribution < 1.29 is 9.47 Å². The highest BCUT2D eigenvalue weighted by molar-refractivity contribution is 5.83. The summed E-state index contributed by atoms with van der Waals surface area (Å²) >= 11 is 0. The van der Waals surface area contributed by atoms with E-state index in [1.54, 1.807) is 22.8 Å². The van der Waals surface area contributed by atoms with Crippen molar-refractivity contribution in [3.63, 3.8) is 0 Å². The minimum atomic E-state index is -0.816. The molecule has 10 heteroatoms. The van der Waals surface area contributed by atoms with Crippen molar-refractivity contribution in [2.75, 3.05) is 14.2 Å². The molecule has 4 rings (SSSR count). The molecule has 2 aromatic carbocycles. The summed E-state index contributed by atoms with van der Waals surface area (Å²) < 4.78 is 12.3. The van der Waals surface area contributed by atoms with Gasteiger partial charge < -0.3 is 14.0 Å². The molecule has 0 saturated heterocycles. The first-order valence-electron chi connectivity index (χ1n) is 8.98. The van der Waals surface area contributed by atoms with Crippen LogP contribution in [0.1, 0.15) is 16.7 Å². The molecule has 0 fully saturated rings. The summed E-state index contributed by atoms with van der Waals surface area (Å²) in [6.45, 7) is 0.148. The molecule has 0 radical (unpaired) electrons. The third-order valence-electron chi connectivity index (χ3n) is 4.81. The third-order valence-corrected chi connectivity index (χ3v) is 4.81. The molecule has 10 nitrogen and oxygen atoms in total. The molecule has 0 amide bonds. The van der Waals surface area contributed by atoms with Crippen LogP contribution in [-0.4, -0.2) is 33.7 Å². The van der Waals surface area contributed by atoms with Crippen molar-refractivity contribution in [1.29, 1.82) is 10.5 Å². The van der Waals surface area contributed by atoms with Crippen LogP contribution in [0, 0.1) is 22.7 Å². The second kappa shape index (κ2) is 7.61. The van der Waals surface area contributed by atoms with E-state index in [2.05, 4.69) is 15.0 Å². The molecule has 2 aromatic rings. The summed E-state index contributed by atoms with van der Waals surface area (Å²) in [7, 11) is 3.05. The van der Waals surface area contributed by atoms with Crippen LogP contribution in [0.25, 0.3) is 22.6 Å². The molecule has 0 atom stereocenters. The molecular weight excluding hydrogens is 400 g/mol. The highest BCUT2D eigenvalue weighted by Crippen LogP contribution is 2.29. The smallest absolute Gasteiger partial charge is 0.349 e. The van der Waals surface area contributed by atoms with E-state index >= 15 is 0 Å². The maximum Gasteiger partial charge on any atom is 0.349 e. The highest BCUT2D eigenvalue weighted by atomic mass is 16.5. The van der Waals surface area contributed by atoms with Crippen molar-refractivity contribution in [1.82, 2.24) is 19.5 Å². The van der Waals surface area contributed by atoms with E-state index in [1.807, 2.05) is 12.1 Å². The van der Waals surface area contributed by atoms with E-state index in [1.165, 1.54) is 26.4 Å². The Morgan fingerprint density at radius 3 is 2.45 bits per heavy atom. The largest absolute Gasteiger partial charge is 0.497 e. The van der Waals surface area contributed by atoms with Gasteiger partial charge in [0.25, 0.3) is 5.56 Å². The second-order valence-corrected chi connectivity index (χ2v) is 6.53. The van der Waals surface area contributed by atoms with Gasteiger partial charge in [-0.3, -0.25) is 9.78 Å². The van der Waals surface area contributed by atoms with Gasteiger partial charge in [-0.25, -0.2) is 9.78 Å². The summed E-state index contributed by atoms with van der Waals surface area (Å²) in [6.07, 6.45) is 0. The van der Waals surface area contributed by atoms with Crippen molar-refractivity contribution in [2.45, 2.75) is 6.54 Å². The van der Waals surface area contributed by atoms with Gasteiger partial charge in [-0.1, -0.05) is 0 Å². The van der Waals surface area contributed by atoms with Crippen LogP contribution >= 0.6 is 0 Å². The number of ether oxygens (including phenoxy) is 2. The average Bonchev–Trinajstić information content (AvgIpc) is 2.78. The number of nitrogens with zero attached hydrogens (tertiary/aromatic N) is 5. The van der Waals surface area contributed by atoms with Crippen molar-refractivity contribution in [3.05, 3.63) is 67.9 Å². The molecule has 2 aliphatic heterocycles. The molecule has 0 spiro atoms. The molecule has 0 bridgehead atoms. The molecule has 31 heavy (non-hydrogen) atoms. The molecule has 1 N–H and O–H groups in total. The highest BCUT2D eigenvalue weighted by Gasteiger charge is 2.21. The summed E-state index contributed by atoms with van der Waals surface area (Å²) in [5.74, 6) is 1.16. The van der Waals surface area contributed by atoms with Crippen LogP contribution in [-0.2, 0) is 6.54 Å². The Morgan fingerprint density at radius 1 is 1.03 bits per heavy atom. The molecule has 0 unspecified atom stereocenters. The average molecular weight is 414 g/mol. The quantitative estimate of drug-likeness (QED) is 0.493. The minimum absolute atomic E-state index is 0.0488. The Labute approximate surface area is 174 Å². The molecule has 2 heterocycles. The molecule has 152 valence electrons. The Bertz CT molecular complexity index is 1510. The molecular formula is C21H14N6O4. The molecule has 2 aliphatic rings. The number of hydrogen-bond donors (Lipinski definition) is 1. The van der Waals surface area contributed by atoms with E-state index in [-0.39, 0.29) is 29.2 Å². The zero-order chi connectivity index (χ0) is 22.1. The van der Waals surface area contributed by atoms with Gasteiger partial charge in [-0.05, 0) is 24.3 Å². The number of nitriles is 2. The third kappa shape index (κ3) is 3.32. The number of benzene rings is 2.